The summed E-state index contributed by atoms with van der Waals surface area (Å²) in [6.45, 7) is 4.29. The lowest BCUT2D eigenvalue weighted by molar-refractivity contribution is -0.139. The number of hydrogen-bond donors (Lipinski definition) is 2. The van der Waals surface area contributed by atoms with Crippen molar-refractivity contribution in [2.45, 2.75) is 55.0 Å². The Bertz CT molecular complexity index is 1200. The fraction of sp³-hybridized carbons (Fsp3) is 0.286. The lowest BCUT2D eigenvalue weighted by Gasteiger charge is -2.24. The number of anilines is 2. The first kappa shape index (κ1) is 28.1. The van der Waals surface area contributed by atoms with Crippen LogP contribution in [0.1, 0.15) is 50.2 Å². The molecule has 0 fully saturated rings. The first-order valence-electron chi connectivity index (χ1n) is 12.0. The van der Waals surface area contributed by atoms with Gasteiger partial charge in [-0.05, 0) is 73.0 Å². The third kappa shape index (κ3) is 7.76. The van der Waals surface area contributed by atoms with Gasteiger partial charge >= 0.3 is 18.2 Å². The maximum absolute atomic E-state index is 13.1. The van der Waals surface area contributed by atoms with Crippen LogP contribution in [0.25, 0.3) is 0 Å². The van der Waals surface area contributed by atoms with Gasteiger partial charge in [0.2, 0.25) is 0 Å². The van der Waals surface area contributed by atoms with E-state index in [0.717, 1.165) is 40.3 Å². The largest absolute Gasteiger partial charge is 0.481 e. The van der Waals surface area contributed by atoms with E-state index in [1.54, 1.807) is 4.90 Å². The van der Waals surface area contributed by atoms with Gasteiger partial charge in [0.25, 0.3) is 0 Å². The fourth-order valence-corrected chi connectivity index (χ4v) is 4.64. The van der Waals surface area contributed by atoms with E-state index in [1.165, 1.54) is 23.9 Å². The number of hydrogen-bond acceptors (Lipinski definition) is 3. The molecule has 9 heteroatoms. The number of carboxylic acids is 1. The summed E-state index contributed by atoms with van der Waals surface area (Å²) in [5.41, 5.74) is 0.909. The Morgan fingerprint density at radius 3 is 2.22 bits per heavy atom. The zero-order valence-electron chi connectivity index (χ0n) is 20.6. The van der Waals surface area contributed by atoms with E-state index >= 15 is 0 Å². The van der Waals surface area contributed by atoms with Crippen LogP contribution >= 0.6 is 11.8 Å². The average molecular weight is 531 g/mol. The van der Waals surface area contributed by atoms with Gasteiger partial charge in [0.1, 0.15) is 0 Å². The molecule has 0 spiro atoms. The lowest BCUT2D eigenvalue weighted by atomic mass is 9.97. The molecule has 0 radical (unpaired) electrons. The first-order valence-corrected chi connectivity index (χ1v) is 12.8. The molecule has 0 bridgehead atoms. The Kier molecular flexibility index (Phi) is 9.63. The Hall–Kier alpha value is -3.46. The molecular formula is C28H29F3N2O3S. The van der Waals surface area contributed by atoms with E-state index in [9.17, 15) is 27.9 Å². The fourth-order valence-electron chi connectivity index (χ4n) is 3.77. The molecule has 3 aromatic carbocycles. The quantitative estimate of drug-likeness (QED) is 0.277. The van der Waals surface area contributed by atoms with Crippen LogP contribution in [0.2, 0.25) is 0 Å². The van der Waals surface area contributed by atoms with Gasteiger partial charge in [-0.1, -0.05) is 50.2 Å². The van der Waals surface area contributed by atoms with Crippen molar-refractivity contribution >= 4 is 35.1 Å². The number of urea groups is 1. The summed E-state index contributed by atoms with van der Waals surface area (Å²) in [6.07, 6.45) is -2.32. The Morgan fingerprint density at radius 2 is 1.65 bits per heavy atom. The minimum atomic E-state index is -4.44. The number of carbonyl (C=O) groups excluding carboxylic acids is 1. The van der Waals surface area contributed by atoms with Gasteiger partial charge in [-0.2, -0.15) is 13.2 Å². The smallest absolute Gasteiger partial charge is 0.416 e. The van der Waals surface area contributed by atoms with Crippen molar-refractivity contribution in [3.8, 4) is 0 Å². The van der Waals surface area contributed by atoms with E-state index in [2.05, 4.69) is 5.32 Å². The first-order chi connectivity index (χ1) is 17.6. The summed E-state index contributed by atoms with van der Waals surface area (Å²) in [7, 11) is 0. The van der Waals surface area contributed by atoms with Crippen molar-refractivity contribution in [1.82, 2.24) is 0 Å². The monoisotopic (exact) mass is 530 g/mol. The molecule has 2 amide bonds. The van der Waals surface area contributed by atoms with Crippen LogP contribution < -0.4 is 10.2 Å². The van der Waals surface area contributed by atoms with Crippen LogP contribution in [0, 0.1) is 0 Å². The normalized spacial score (nSPS) is 12.1. The van der Waals surface area contributed by atoms with Crippen molar-refractivity contribution in [3.05, 3.63) is 83.9 Å². The van der Waals surface area contributed by atoms with Gasteiger partial charge in [0.15, 0.2) is 0 Å². The summed E-state index contributed by atoms with van der Waals surface area (Å²) in [5.74, 6) is -1.39. The molecule has 0 aliphatic carbocycles. The van der Waals surface area contributed by atoms with Crippen LogP contribution in [0.3, 0.4) is 0 Å². The minimum absolute atomic E-state index is 0.275. The summed E-state index contributed by atoms with van der Waals surface area (Å²) in [6, 6.07) is 18.8. The van der Waals surface area contributed by atoms with Crippen molar-refractivity contribution in [3.63, 3.8) is 0 Å². The van der Waals surface area contributed by atoms with E-state index in [1.807, 2.05) is 62.4 Å². The number of alkyl halides is 3. The van der Waals surface area contributed by atoms with Gasteiger partial charge in [-0.15, -0.1) is 0 Å². The number of carboxylic acid groups (broad SMARTS) is 1. The topological polar surface area (TPSA) is 69.6 Å². The molecule has 3 aromatic rings. The Labute approximate surface area is 218 Å². The number of nitrogens with zero attached hydrogens (tertiary/aromatic N) is 1. The minimum Gasteiger partial charge on any atom is -0.481 e. The summed E-state index contributed by atoms with van der Waals surface area (Å²) < 4.78 is 38.5. The van der Waals surface area contributed by atoms with Crippen LogP contribution in [-0.2, 0) is 11.0 Å². The van der Waals surface area contributed by atoms with E-state index < -0.39 is 29.7 Å². The number of benzene rings is 3. The summed E-state index contributed by atoms with van der Waals surface area (Å²) >= 11 is 1.49. The zero-order valence-corrected chi connectivity index (χ0v) is 21.4. The highest BCUT2D eigenvalue weighted by molar-refractivity contribution is 7.99. The average Bonchev–Trinajstić information content (AvgIpc) is 2.85. The standard InChI is InChI=1S/C28H29F3N2O3S/c1-3-5-17-33(27(36)32-21-13-11-20(12-14-21)28(29,30)31)22-7-6-8-24(18-22)37-23-15-9-19(10-16-23)25(4-2)26(34)35/h6-16,18,25H,3-5,17H2,1-2H3,(H,32,36)(H,34,35). The highest BCUT2D eigenvalue weighted by Gasteiger charge is 2.30. The second-order valence-electron chi connectivity index (χ2n) is 8.48. The third-order valence-electron chi connectivity index (χ3n) is 5.80. The SMILES string of the molecule is CCCCN(C(=O)Nc1ccc(C(F)(F)F)cc1)c1cccc(Sc2ccc(C(CC)C(=O)O)cc2)c1. The van der Waals surface area contributed by atoms with Crippen molar-refractivity contribution < 1.29 is 27.9 Å². The van der Waals surface area contributed by atoms with Crippen molar-refractivity contribution in [2.24, 2.45) is 0 Å². The Morgan fingerprint density at radius 1 is 0.973 bits per heavy atom. The van der Waals surface area contributed by atoms with Crippen LogP contribution in [0.5, 0.6) is 0 Å². The van der Waals surface area contributed by atoms with Gasteiger partial charge in [0, 0.05) is 27.7 Å². The number of unbranched alkanes of at least 4 members (excludes halogenated alkanes) is 1. The van der Waals surface area contributed by atoms with Crippen LogP contribution in [-0.4, -0.2) is 23.7 Å². The van der Waals surface area contributed by atoms with Gasteiger partial charge in [-0.25, -0.2) is 4.79 Å². The molecule has 0 aliphatic rings. The maximum atomic E-state index is 13.1. The van der Waals surface area contributed by atoms with E-state index in [4.69, 9.17) is 0 Å². The molecule has 196 valence electrons. The molecule has 0 saturated carbocycles. The molecule has 0 saturated heterocycles. The number of nitrogens with one attached hydrogen (secondary N) is 1. The highest BCUT2D eigenvalue weighted by atomic mass is 32.2. The number of rotatable bonds is 10. The molecule has 1 unspecified atom stereocenters. The second kappa shape index (κ2) is 12.7. The molecule has 0 heterocycles. The summed E-state index contributed by atoms with van der Waals surface area (Å²) in [4.78, 5) is 27.9. The molecule has 0 aliphatic heterocycles. The van der Waals surface area contributed by atoms with Crippen molar-refractivity contribution in [1.29, 1.82) is 0 Å². The van der Waals surface area contributed by atoms with Crippen LogP contribution in [0.15, 0.2) is 82.6 Å². The van der Waals surface area contributed by atoms with Crippen molar-refractivity contribution in [2.75, 3.05) is 16.8 Å². The molecular weight excluding hydrogens is 501 g/mol. The Balaban J connectivity index is 1.76. The number of carbonyl (C=O) groups is 2. The molecule has 37 heavy (non-hydrogen) atoms. The second-order valence-corrected chi connectivity index (χ2v) is 9.62. The predicted octanol–water partition coefficient (Wildman–Crippen LogP) is 8.27. The maximum Gasteiger partial charge on any atom is 0.416 e. The lowest BCUT2D eigenvalue weighted by Crippen LogP contribution is -2.35. The number of halogens is 3. The summed E-state index contributed by atoms with van der Waals surface area (Å²) in [5, 5.41) is 12.1. The van der Waals surface area contributed by atoms with Gasteiger partial charge in [-0.3, -0.25) is 9.69 Å². The van der Waals surface area contributed by atoms with E-state index in [0.29, 0.717) is 18.7 Å². The number of amides is 2. The molecule has 2 N–H and O–H groups in total. The molecule has 5 nitrogen and oxygen atoms in total. The highest BCUT2D eigenvalue weighted by Crippen LogP contribution is 2.33. The van der Waals surface area contributed by atoms with Gasteiger partial charge < -0.3 is 10.4 Å². The molecule has 0 aromatic heterocycles. The molecule has 3 rings (SSSR count). The van der Waals surface area contributed by atoms with Gasteiger partial charge in [0.05, 0.1) is 11.5 Å². The predicted molar refractivity (Wildman–Crippen MR) is 140 cm³/mol. The molecule has 1 atom stereocenters. The third-order valence-corrected chi connectivity index (χ3v) is 6.80. The zero-order chi connectivity index (χ0) is 27.0. The van der Waals surface area contributed by atoms with E-state index in [-0.39, 0.29) is 5.69 Å². The number of aliphatic carboxylic acids is 1. The van der Waals surface area contributed by atoms with Crippen LogP contribution in [0.4, 0.5) is 29.3 Å².